The van der Waals surface area contributed by atoms with Gasteiger partial charge in [0.2, 0.25) is 23.6 Å². The first-order valence-electron chi connectivity index (χ1n) is 19.1. The van der Waals surface area contributed by atoms with E-state index in [1.165, 1.54) is 16.2 Å². The molecule has 288 valence electrons. The number of thiazole rings is 1. The van der Waals surface area contributed by atoms with E-state index < -0.39 is 17.4 Å². The van der Waals surface area contributed by atoms with Crippen LogP contribution in [-0.4, -0.2) is 83.3 Å². The highest BCUT2D eigenvalue weighted by Crippen LogP contribution is 2.39. The topological polar surface area (TPSA) is 184 Å². The molecule has 1 atom stereocenters. The second-order valence-corrected chi connectivity index (χ2v) is 15.2. The third-order valence-corrected chi connectivity index (χ3v) is 11.0. The van der Waals surface area contributed by atoms with Crippen molar-refractivity contribution in [1.82, 2.24) is 30.8 Å². The molecule has 1 aromatic carbocycles. The zero-order valence-electron chi connectivity index (χ0n) is 30.6. The quantitative estimate of drug-likeness (QED) is 0.0865. The highest BCUT2D eigenvalue weighted by molar-refractivity contribution is 7.13. The SMILES string of the molecule is O=C1CCC(N2Cc3cc(NC(=O)CNCCCOCCCCCNC(=O)C4(Cc5cccc(Nc6nccs6)n5)CCCCC4)ccc3C2=O)C(=O)N1. The molecule has 15 heteroatoms. The van der Waals surface area contributed by atoms with Crippen molar-refractivity contribution >= 4 is 57.5 Å². The van der Waals surface area contributed by atoms with Crippen molar-refractivity contribution in [3.05, 3.63) is 64.8 Å². The van der Waals surface area contributed by atoms with Gasteiger partial charge in [-0.05, 0) is 87.4 Å². The summed E-state index contributed by atoms with van der Waals surface area (Å²) in [6.45, 7) is 2.90. The molecule has 1 unspecified atom stereocenters. The molecule has 5 N–H and O–H groups in total. The zero-order chi connectivity index (χ0) is 37.8. The summed E-state index contributed by atoms with van der Waals surface area (Å²) >= 11 is 1.52. The van der Waals surface area contributed by atoms with Crippen molar-refractivity contribution in [2.24, 2.45) is 5.41 Å². The summed E-state index contributed by atoms with van der Waals surface area (Å²) in [5, 5.41) is 17.5. The average molecular weight is 759 g/mol. The molecule has 2 fully saturated rings. The van der Waals surface area contributed by atoms with E-state index in [4.69, 9.17) is 9.72 Å². The molecule has 2 aliphatic heterocycles. The number of hydrogen-bond donors (Lipinski definition) is 5. The fourth-order valence-corrected chi connectivity index (χ4v) is 7.99. The summed E-state index contributed by atoms with van der Waals surface area (Å²) in [5.41, 5.74) is 2.31. The van der Waals surface area contributed by atoms with Crippen molar-refractivity contribution in [3.63, 3.8) is 0 Å². The summed E-state index contributed by atoms with van der Waals surface area (Å²) in [7, 11) is 0. The average Bonchev–Trinajstić information content (AvgIpc) is 3.79. The predicted molar refractivity (Wildman–Crippen MR) is 205 cm³/mol. The van der Waals surface area contributed by atoms with Crippen LogP contribution in [0.2, 0.25) is 0 Å². The minimum atomic E-state index is -0.676. The van der Waals surface area contributed by atoms with Gasteiger partial charge in [-0.2, -0.15) is 0 Å². The van der Waals surface area contributed by atoms with Crippen molar-refractivity contribution in [3.8, 4) is 0 Å². The van der Waals surface area contributed by atoms with E-state index in [0.29, 0.717) is 50.4 Å². The molecule has 1 saturated carbocycles. The number of benzene rings is 1. The van der Waals surface area contributed by atoms with Gasteiger partial charge in [0.05, 0.1) is 12.0 Å². The fourth-order valence-electron chi connectivity index (χ4n) is 7.46. The third kappa shape index (κ3) is 10.5. The smallest absolute Gasteiger partial charge is 0.255 e. The first kappa shape index (κ1) is 39.0. The minimum absolute atomic E-state index is 0.138. The number of piperidine rings is 1. The van der Waals surface area contributed by atoms with Crippen molar-refractivity contribution < 1.29 is 28.7 Å². The number of hydrogen-bond acceptors (Lipinski definition) is 11. The molecule has 0 spiro atoms. The number of carbonyl (C=O) groups is 5. The number of ether oxygens (including phenoxy) is 1. The number of amides is 5. The van der Waals surface area contributed by atoms with Gasteiger partial charge in [0, 0.05) is 67.7 Å². The molecule has 3 aliphatic rings. The van der Waals surface area contributed by atoms with Gasteiger partial charge < -0.3 is 30.9 Å². The molecule has 14 nitrogen and oxygen atoms in total. The summed E-state index contributed by atoms with van der Waals surface area (Å²) in [6.07, 6.45) is 11.5. The molecular weight excluding hydrogens is 709 g/mol. The van der Waals surface area contributed by atoms with Crippen LogP contribution in [0, 0.1) is 5.41 Å². The second kappa shape index (κ2) is 19.0. The first-order valence-corrected chi connectivity index (χ1v) is 19.9. The number of anilines is 3. The Morgan fingerprint density at radius 3 is 2.67 bits per heavy atom. The second-order valence-electron chi connectivity index (χ2n) is 14.3. The number of unbranched alkanes of at least 4 members (excludes halogenated alkanes) is 2. The minimum Gasteiger partial charge on any atom is -0.381 e. The molecule has 0 bridgehead atoms. The maximum absolute atomic E-state index is 13.5. The first-order chi connectivity index (χ1) is 26.3. The van der Waals surface area contributed by atoms with Gasteiger partial charge in [-0.1, -0.05) is 25.3 Å². The Hall–Kier alpha value is -4.73. The standard InChI is InChI=1S/C39H50N8O6S/c48-33-14-13-31(35(50)46-33)47-26-27-23-28(11-12-30(27)36(47)51)44-34(49)25-40-17-8-21-53-20-6-2-5-18-41-37(52)39(15-3-1-4-16-39)24-29-9-7-10-32(43-29)45-38-42-19-22-54-38/h7,9-12,19,22-23,31,40H,1-6,8,13-18,20-21,24-26H2,(H,41,52)(H,44,49)(H,42,43,45)(H,46,48,50). The molecule has 4 heterocycles. The Morgan fingerprint density at radius 1 is 1.00 bits per heavy atom. The Labute approximate surface area is 319 Å². The van der Waals surface area contributed by atoms with Crippen LogP contribution in [0.1, 0.15) is 92.2 Å². The lowest BCUT2D eigenvalue weighted by molar-refractivity contribution is -0.137. The Morgan fingerprint density at radius 2 is 1.85 bits per heavy atom. The van der Waals surface area contributed by atoms with E-state index in [2.05, 4.69) is 31.6 Å². The lowest BCUT2D eigenvalue weighted by atomic mass is 9.70. The third-order valence-electron chi connectivity index (χ3n) is 10.3. The Balaban J connectivity index is 0.805. The van der Waals surface area contributed by atoms with Crippen molar-refractivity contribution in [1.29, 1.82) is 0 Å². The molecule has 5 amide bonds. The Bertz CT molecular complexity index is 1780. The van der Waals surface area contributed by atoms with Crippen LogP contribution in [0.25, 0.3) is 0 Å². The molecule has 6 rings (SSSR count). The van der Waals surface area contributed by atoms with Gasteiger partial charge >= 0.3 is 0 Å². The zero-order valence-corrected chi connectivity index (χ0v) is 31.4. The number of aromatic nitrogens is 2. The number of pyridine rings is 1. The molecule has 1 saturated heterocycles. The van der Waals surface area contributed by atoms with Crippen LogP contribution in [-0.2, 0) is 36.9 Å². The number of nitrogens with one attached hydrogen (secondary N) is 5. The number of fused-ring (bicyclic) bond motifs is 1. The van der Waals surface area contributed by atoms with Crippen LogP contribution < -0.4 is 26.6 Å². The van der Waals surface area contributed by atoms with Gasteiger partial charge in [-0.25, -0.2) is 9.97 Å². The maximum atomic E-state index is 13.5. The van der Waals surface area contributed by atoms with E-state index in [0.717, 1.165) is 80.0 Å². The summed E-state index contributed by atoms with van der Waals surface area (Å²) in [5.74, 6) is -0.341. The van der Waals surface area contributed by atoms with Crippen LogP contribution in [0.15, 0.2) is 48.0 Å². The Kier molecular flexibility index (Phi) is 13.7. The van der Waals surface area contributed by atoms with Crippen LogP contribution in [0.3, 0.4) is 0 Å². The summed E-state index contributed by atoms with van der Waals surface area (Å²) < 4.78 is 5.78. The van der Waals surface area contributed by atoms with E-state index in [-0.39, 0.29) is 43.1 Å². The number of rotatable bonds is 19. The normalized spacial score (nSPS) is 17.9. The van der Waals surface area contributed by atoms with Crippen LogP contribution in [0.4, 0.5) is 16.6 Å². The highest BCUT2D eigenvalue weighted by Gasteiger charge is 2.40. The lowest BCUT2D eigenvalue weighted by Crippen LogP contribution is -2.52. The summed E-state index contributed by atoms with van der Waals surface area (Å²) in [6, 6.07) is 10.3. The largest absolute Gasteiger partial charge is 0.381 e. The number of carbonyl (C=O) groups excluding carboxylic acids is 5. The molecule has 54 heavy (non-hydrogen) atoms. The maximum Gasteiger partial charge on any atom is 0.255 e. The summed E-state index contributed by atoms with van der Waals surface area (Å²) in [4.78, 5) is 73.3. The predicted octanol–water partition coefficient (Wildman–Crippen LogP) is 4.46. The van der Waals surface area contributed by atoms with Crippen LogP contribution in [0.5, 0.6) is 0 Å². The van der Waals surface area contributed by atoms with Gasteiger partial charge in [-0.3, -0.25) is 29.3 Å². The lowest BCUT2D eigenvalue weighted by Gasteiger charge is -2.35. The molecule has 1 aliphatic carbocycles. The molecule has 3 aromatic rings. The van der Waals surface area contributed by atoms with E-state index in [9.17, 15) is 24.0 Å². The molecule has 2 aromatic heterocycles. The number of nitrogens with zero attached hydrogens (tertiary/aromatic N) is 3. The highest BCUT2D eigenvalue weighted by atomic mass is 32.1. The van der Waals surface area contributed by atoms with Gasteiger partial charge in [0.25, 0.3) is 5.91 Å². The van der Waals surface area contributed by atoms with Gasteiger partial charge in [0.15, 0.2) is 5.13 Å². The van der Waals surface area contributed by atoms with Crippen molar-refractivity contribution in [2.75, 3.05) is 43.5 Å². The van der Waals surface area contributed by atoms with Crippen LogP contribution >= 0.6 is 11.3 Å². The monoisotopic (exact) mass is 758 g/mol. The number of imide groups is 1. The van der Waals surface area contributed by atoms with E-state index >= 15 is 0 Å². The van der Waals surface area contributed by atoms with Gasteiger partial charge in [-0.15, -0.1) is 11.3 Å². The molecule has 0 radical (unpaired) electrons. The van der Waals surface area contributed by atoms with E-state index in [1.807, 2.05) is 23.6 Å². The fraction of sp³-hybridized carbons (Fsp3) is 0.513. The van der Waals surface area contributed by atoms with E-state index in [1.54, 1.807) is 24.4 Å². The van der Waals surface area contributed by atoms with Gasteiger partial charge in [0.1, 0.15) is 11.9 Å². The molecular formula is C39H50N8O6S. The van der Waals surface area contributed by atoms with Crippen molar-refractivity contribution in [2.45, 2.75) is 89.6 Å².